The first-order valence-corrected chi connectivity index (χ1v) is 12.4. The molecule has 0 aromatic carbocycles. The predicted octanol–water partition coefficient (Wildman–Crippen LogP) is 4.82. The molecule has 0 spiro atoms. The number of carbonyl (C=O) groups is 1. The number of hydrogen-bond donors (Lipinski definition) is 2. The van der Waals surface area contributed by atoms with E-state index in [1.165, 1.54) is 16.9 Å². The molecule has 0 fully saturated rings. The molecule has 5 nitrogen and oxygen atoms in total. The molecule has 7 heteroatoms. The van der Waals surface area contributed by atoms with Crippen molar-refractivity contribution in [1.29, 1.82) is 0 Å². The summed E-state index contributed by atoms with van der Waals surface area (Å²) in [4.78, 5) is 34.7. The molecule has 1 aliphatic carbocycles. The van der Waals surface area contributed by atoms with Gasteiger partial charge in [-0.3, -0.25) is 9.59 Å². The zero-order valence-electron chi connectivity index (χ0n) is 18.2. The minimum atomic E-state index is -0.212. The van der Waals surface area contributed by atoms with Crippen LogP contribution in [0.25, 0.3) is 10.2 Å². The van der Waals surface area contributed by atoms with Crippen molar-refractivity contribution in [2.24, 2.45) is 5.41 Å². The number of hydrogen-bond acceptors (Lipinski definition) is 5. The van der Waals surface area contributed by atoms with Gasteiger partial charge in [-0.1, -0.05) is 20.8 Å². The molecule has 2 N–H and O–H groups in total. The summed E-state index contributed by atoms with van der Waals surface area (Å²) >= 11 is 3.32. The van der Waals surface area contributed by atoms with Crippen LogP contribution in [0.1, 0.15) is 76.6 Å². The summed E-state index contributed by atoms with van der Waals surface area (Å²) in [6.45, 7) is 10.7. The van der Waals surface area contributed by atoms with Gasteiger partial charge < -0.3 is 10.3 Å². The molecule has 1 amide bonds. The van der Waals surface area contributed by atoms with Crippen molar-refractivity contribution in [3.05, 3.63) is 26.6 Å². The maximum absolute atomic E-state index is 12.6. The molecule has 29 heavy (non-hydrogen) atoms. The zero-order valence-corrected chi connectivity index (χ0v) is 19.9. The average molecular weight is 436 g/mol. The Morgan fingerprint density at radius 2 is 1.93 bits per heavy atom. The molecule has 2 aromatic rings. The normalized spacial score (nSPS) is 14.8. The van der Waals surface area contributed by atoms with Gasteiger partial charge in [-0.15, -0.1) is 11.3 Å². The number of amides is 1. The largest absolute Gasteiger partial charge is 0.351 e. The fraction of sp³-hybridized carbons (Fsp3) is 0.682. The predicted molar refractivity (Wildman–Crippen MR) is 124 cm³/mol. The van der Waals surface area contributed by atoms with Gasteiger partial charge in [0.25, 0.3) is 5.56 Å². The van der Waals surface area contributed by atoms with Crippen LogP contribution in [0.3, 0.4) is 0 Å². The lowest BCUT2D eigenvalue weighted by molar-refractivity contribution is -0.122. The Hall–Kier alpha value is -1.34. The van der Waals surface area contributed by atoms with Crippen LogP contribution < -0.4 is 10.9 Å². The number of nitrogens with zero attached hydrogens (tertiary/aromatic N) is 1. The average Bonchev–Trinajstić information content (AvgIpc) is 2.94. The van der Waals surface area contributed by atoms with E-state index in [9.17, 15) is 9.59 Å². The van der Waals surface area contributed by atoms with Crippen molar-refractivity contribution in [2.45, 2.75) is 84.4 Å². The number of fused-ring (bicyclic) bond motifs is 3. The molecule has 2 heterocycles. The Bertz CT molecular complexity index is 938. The number of carbonyl (C=O) groups excluding carboxylic acids is 1. The summed E-state index contributed by atoms with van der Waals surface area (Å²) < 4.78 is 0. The van der Waals surface area contributed by atoms with Gasteiger partial charge in [0.2, 0.25) is 5.91 Å². The van der Waals surface area contributed by atoms with E-state index in [0.29, 0.717) is 23.8 Å². The summed E-state index contributed by atoms with van der Waals surface area (Å²) in [5.74, 6) is 2.11. The van der Waals surface area contributed by atoms with Gasteiger partial charge in [-0.2, -0.15) is 11.8 Å². The van der Waals surface area contributed by atoms with Crippen LogP contribution in [0.15, 0.2) is 4.79 Å². The fourth-order valence-electron chi connectivity index (χ4n) is 4.42. The number of aromatic amines is 1. The molecular formula is C22H33N3O2S2. The van der Waals surface area contributed by atoms with Crippen molar-refractivity contribution in [3.63, 3.8) is 0 Å². The van der Waals surface area contributed by atoms with Crippen LogP contribution in [0.2, 0.25) is 0 Å². The number of nitrogens with one attached hydrogen (secondary N) is 2. The van der Waals surface area contributed by atoms with Crippen molar-refractivity contribution in [3.8, 4) is 0 Å². The second kappa shape index (κ2) is 8.80. The third-order valence-corrected chi connectivity index (χ3v) is 7.19. The summed E-state index contributed by atoms with van der Waals surface area (Å²) in [5.41, 5.74) is 1.17. The van der Waals surface area contributed by atoms with Crippen molar-refractivity contribution < 1.29 is 4.79 Å². The van der Waals surface area contributed by atoms with Gasteiger partial charge in [0.05, 0.1) is 11.1 Å². The number of thioether (sulfide) groups is 1. The molecular weight excluding hydrogens is 402 g/mol. The fourth-order valence-corrected chi connectivity index (χ4v) is 6.51. The third kappa shape index (κ3) is 6.07. The summed E-state index contributed by atoms with van der Waals surface area (Å²) in [6, 6.07) is 0. The Labute approximate surface area is 181 Å². The van der Waals surface area contributed by atoms with Crippen molar-refractivity contribution >= 4 is 39.2 Å². The molecule has 160 valence electrons. The summed E-state index contributed by atoms with van der Waals surface area (Å²) in [6.07, 6.45) is 5.82. The molecule has 2 aromatic heterocycles. The van der Waals surface area contributed by atoms with E-state index in [4.69, 9.17) is 4.98 Å². The molecule has 0 aliphatic heterocycles. The lowest BCUT2D eigenvalue weighted by Gasteiger charge is -2.33. The number of thiophene rings is 1. The molecule has 0 atom stereocenters. The molecule has 0 bridgehead atoms. The SMILES string of the molecule is CC(C)(C)CC(C)(C)NC(=O)CCSCc1nc2sc3c(c2c(=O)[nH]1)CCCC3. The number of H-pyrrole nitrogens is 1. The van der Waals surface area contributed by atoms with E-state index in [0.717, 1.165) is 35.9 Å². The monoisotopic (exact) mass is 435 g/mol. The molecule has 3 rings (SSSR count). The Balaban J connectivity index is 1.52. The van der Waals surface area contributed by atoms with E-state index in [-0.39, 0.29) is 22.4 Å². The molecule has 0 radical (unpaired) electrons. The highest BCUT2D eigenvalue weighted by molar-refractivity contribution is 7.98. The number of rotatable bonds is 7. The van der Waals surface area contributed by atoms with E-state index >= 15 is 0 Å². The Kier molecular flexibility index (Phi) is 6.78. The Morgan fingerprint density at radius 3 is 2.66 bits per heavy atom. The van der Waals surface area contributed by atoms with Crippen LogP contribution in [0.5, 0.6) is 0 Å². The standard InChI is InChI=1S/C22H33N3O2S2/c1-21(2,3)13-22(4,5)25-17(26)10-11-28-12-16-23-19(27)18-14-8-6-7-9-15(14)29-20(18)24-16/h6-13H2,1-5H3,(H,25,26)(H,23,24,27). The highest BCUT2D eigenvalue weighted by Crippen LogP contribution is 2.33. The zero-order chi connectivity index (χ0) is 21.2. The van der Waals surface area contributed by atoms with Gasteiger partial charge in [0.1, 0.15) is 10.7 Å². The van der Waals surface area contributed by atoms with Gasteiger partial charge >= 0.3 is 0 Å². The van der Waals surface area contributed by atoms with Gasteiger partial charge in [-0.05, 0) is 56.9 Å². The maximum atomic E-state index is 12.6. The van der Waals surface area contributed by atoms with Crippen LogP contribution in [-0.4, -0.2) is 27.2 Å². The topological polar surface area (TPSA) is 74.8 Å². The molecule has 0 unspecified atom stereocenters. The lowest BCUT2D eigenvalue weighted by atomic mass is 9.82. The number of aryl methyl sites for hydroxylation is 2. The van der Waals surface area contributed by atoms with Crippen molar-refractivity contribution in [1.82, 2.24) is 15.3 Å². The maximum Gasteiger partial charge on any atom is 0.259 e. The quantitative estimate of drug-likeness (QED) is 0.612. The van der Waals surface area contributed by atoms with Gasteiger partial charge in [0, 0.05) is 22.6 Å². The molecule has 0 saturated heterocycles. The summed E-state index contributed by atoms with van der Waals surface area (Å²) in [7, 11) is 0. The Morgan fingerprint density at radius 1 is 1.21 bits per heavy atom. The van der Waals surface area contributed by atoms with Crippen LogP contribution in [-0.2, 0) is 23.4 Å². The lowest BCUT2D eigenvalue weighted by Crippen LogP contribution is -2.45. The highest BCUT2D eigenvalue weighted by Gasteiger charge is 2.26. The van der Waals surface area contributed by atoms with Gasteiger partial charge in [-0.25, -0.2) is 4.98 Å². The second-order valence-electron chi connectivity index (χ2n) is 9.88. The smallest absolute Gasteiger partial charge is 0.259 e. The van der Waals surface area contributed by atoms with Crippen molar-refractivity contribution in [2.75, 3.05) is 5.75 Å². The minimum Gasteiger partial charge on any atom is -0.351 e. The van der Waals surface area contributed by atoms with E-state index in [1.54, 1.807) is 23.1 Å². The first-order chi connectivity index (χ1) is 13.5. The second-order valence-corrected chi connectivity index (χ2v) is 12.1. The van der Waals surface area contributed by atoms with Crippen LogP contribution in [0, 0.1) is 5.41 Å². The highest BCUT2D eigenvalue weighted by atomic mass is 32.2. The summed E-state index contributed by atoms with van der Waals surface area (Å²) in [5, 5.41) is 3.95. The van der Waals surface area contributed by atoms with Gasteiger partial charge in [0.15, 0.2) is 0 Å². The van der Waals surface area contributed by atoms with E-state index < -0.39 is 0 Å². The first-order valence-electron chi connectivity index (χ1n) is 10.5. The van der Waals surface area contributed by atoms with E-state index in [1.807, 2.05) is 0 Å². The van der Waals surface area contributed by atoms with E-state index in [2.05, 4.69) is 44.9 Å². The minimum absolute atomic E-state index is 0.00771. The molecule has 1 aliphatic rings. The third-order valence-electron chi connectivity index (χ3n) is 5.04. The van der Waals surface area contributed by atoms with Crippen LogP contribution in [0.4, 0.5) is 0 Å². The van der Waals surface area contributed by atoms with Crippen LogP contribution >= 0.6 is 23.1 Å². The number of aromatic nitrogens is 2. The molecule has 0 saturated carbocycles. The first kappa shape index (κ1) is 22.3.